The van der Waals surface area contributed by atoms with Crippen molar-refractivity contribution in [3.8, 4) is 11.6 Å². The number of nitrogens with one attached hydrogen (secondary N) is 1. The van der Waals surface area contributed by atoms with E-state index in [-0.39, 0.29) is 22.5 Å². The molecule has 0 atom stereocenters. The molecule has 1 aromatic carbocycles. The van der Waals surface area contributed by atoms with Gasteiger partial charge in [-0.3, -0.25) is 5.41 Å². The lowest BCUT2D eigenvalue weighted by Crippen LogP contribution is -2.14. The van der Waals surface area contributed by atoms with Crippen LogP contribution in [0, 0.1) is 11.2 Å². The van der Waals surface area contributed by atoms with Gasteiger partial charge < -0.3 is 10.5 Å². The van der Waals surface area contributed by atoms with Crippen LogP contribution in [0.5, 0.6) is 11.6 Å². The fraction of sp³-hybridized carbons (Fsp3) is 0.200. The topological polar surface area (TPSA) is 72.0 Å². The lowest BCUT2D eigenvalue weighted by Gasteiger charge is -2.12. The van der Waals surface area contributed by atoms with Crippen LogP contribution in [0.3, 0.4) is 0 Å². The maximum absolute atomic E-state index is 13.5. The maximum Gasteiger partial charge on any atom is 0.230 e. The minimum Gasteiger partial charge on any atom is -0.438 e. The lowest BCUT2D eigenvalue weighted by molar-refractivity contribution is 0.455. The van der Waals surface area contributed by atoms with Crippen molar-refractivity contribution in [3.05, 3.63) is 51.9 Å². The maximum atomic E-state index is 13.5. The van der Waals surface area contributed by atoms with E-state index in [2.05, 4.69) is 4.98 Å². The third-order valence-electron chi connectivity index (χ3n) is 3.41. The molecule has 0 amide bonds. The average molecular weight is 306 g/mol. The van der Waals surface area contributed by atoms with Crippen LogP contribution < -0.4 is 10.5 Å². The van der Waals surface area contributed by atoms with Crippen LogP contribution in [0.25, 0.3) is 0 Å². The van der Waals surface area contributed by atoms with Crippen LogP contribution in [0.15, 0.2) is 24.3 Å². The van der Waals surface area contributed by atoms with E-state index in [9.17, 15) is 4.39 Å². The molecule has 4 nitrogen and oxygen atoms in total. The zero-order valence-electron chi connectivity index (χ0n) is 11.1. The van der Waals surface area contributed by atoms with Crippen LogP contribution >= 0.6 is 11.6 Å². The highest BCUT2D eigenvalue weighted by Crippen LogP contribution is 2.30. The van der Waals surface area contributed by atoms with Crippen molar-refractivity contribution in [2.24, 2.45) is 5.73 Å². The molecule has 0 radical (unpaired) electrons. The lowest BCUT2D eigenvalue weighted by atomic mass is 10.1. The van der Waals surface area contributed by atoms with Crippen LogP contribution in [0.4, 0.5) is 4.39 Å². The van der Waals surface area contributed by atoms with Crippen molar-refractivity contribution in [3.63, 3.8) is 0 Å². The normalized spacial score (nSPS) is 13.0. The molecule has 0 spiro atoms. The Kier molecular flexibility index (Phi) is 3.51. The van der Waals surface area contributed by atoms with Gasteiger partial charge in [0.1, 0.15) is 17.4 Å². The summed E-state index contributed by atoms with van der Waals surface area (Å²) in [6, 6.07) is 5.97. The molecule has 1 aromatic heterocycles. The molecule has 0 saturated carbocycles. The van der Waals surface area contributed by atoms with Gasteiger partial charge in [-0.25, -0.2) is 9.37 Å². The van der Waals surface area contributed by atoms with Gasteiger partial charge in [-0.05, 0) is 43.0 Å². The smallest absolute Gasteiger partial charge is 0.230 e. The summed E-state index contributed by atoms with van der Waals surface area (Å²) in [4.78, 5) is 4.42. The minimum absolute atomic E-state index is 0.0241. The number of ether oxygens (including phenoxy) is 1. The summed E-state index contributed by atoms with van der Waals surface area (Å²) < 4.78 is 19.1. The second-order valence-electron chi connectivity index (χ2n) is 4.89. The standard InChI is InChI=1S/C15H13ClFN3O/c16-11-5-4-9(7-12(11)17)21-15-10(14(18)19)6-8-2-1-3-13(8)20-15/h4-7H,1-3H2,(H3,18,19). The van der Waals surface area contributed by atoms with Crippen LogP contribution in [0.2, 0.25) is 5.02 Å². The van der Waals surface area contributed by atoms with Crippen molar-refractivity contribution >= 4 is 17.4 Å². The molecule has 0 bridgehead atoms. The third-order valence-corrected chi connectivity index (χ3v) is 3.72. The Morgan fingerprint density at radius 2 is 2.14 bits per heavy atom. The Hall–Kier alpha value is -2.14. The third kappa shape index (κ3) is 2.69. The number of fused-ring (bicyclic) bond motifs is 1. The van der Waals surface area contributed by atoms with Crippen LogP contribution in [0.1, 0.15) is 23.2 Å². The van der Waals surface area contributed by atoms with Gasteiger partial charge in [0.15, 0.2) is 0 Å². The predicted octanol–water partition coefficient (Wildman–Crippen LogP) is 3.44. The second kappa shape index (κ2) is 5.33. The molecule has 6 heteroatoms. The van der Waals surface area contributed by atoms with Gasteiger partial charge in [0, 0.05) is 11.8 Å². The highest BCUT2D eigenvalue weighted by Gasteiger charge is 2.19. The molecular weight excluding hydrogens is 293 g/mol. The number of hydrogen-bond acceptors (Lipinski definition) is 3. The highest BCUT2D eigenvalue weighted by molar-refractivity contribution is 6.30. The van der Waals surface area contributed by atoms with Gasteiger partial charge in [0.2, 0.25) is 5.88 Å². The van der Waals surface area contributed by atoms with Gasteiger partial charge in [-0.2, -0.15) is 0 Å². The van der Waals surface area contributed by atoms with E-state index in [1.807, 2.05) is 6.07 Å². The molecule has 0 fully saturated rings. The molecule has 2 aromatic rings. The molecule has 0 unspecified atom stereocenters. The summed E-state index contributed by atoms with van der Waals surface area (Å²) >= 11 is 5.64. The number of benzene rings is 1. The summed E-state index contributed by atoms with van der Waals surface area (Å²) in [5.41, 5.74) is 8.05. The Bertz CT molecular complexity index is 733. The summed E-state index contributed by atoms with van der Waals surface area (Å²) in [6.45, 7) is 0. The zero-order valence-corrected chi connectivity index (χ0v) is 11.9. The van der Waals surface area contributed by atoms with Crippen molar-refractivity contribution in [2.75, 3.05) is 0 Å². The largest absolute Gasteiger partial charge is 0.438 e. The van der Waals surface area contributed by atoms with Gasteiger partial charge in [-0.15, -0.1) is 0 Å². The zero-order chi connectivity index (χ0) is 15.0. The van der Waals surface area contributed by atoms with E-state index in [0.29, 0.717) is 5.56 Å². The number of nitrogens with zero attached hydrogens (tertiary/aromatic N) is 1. The SMILES string of the molecule is N=C(N)c1cc2c(nc1Oc1ccc(Cl)c(F)c1)CCC2. The number of rotatable bonds is 3. The summed E-state index contributed by atoms with van der Waals surface area (Å²) in [5.74, 6) is -0.198. The van der Waals surface area contributed by atoms with Gasteiger partial charge in [0.05, 0.1) is 10.6 Å². The molecule has 1 aliphatic carbocycles. The molecule has 1 aliphatic rings. The quantitative estimate of drug-likeness (QED) is 0.674. The van der Waals surface area contributed by atoms with Crippen LogP contribution in [-0.4, -0.2) is 10.8 Å². The van der Waals surface area contributed by atoms with E-state index >= 15 is 0 Å². The fourth-order valence-electron chi connectivity index (χ4n) is 2.38. The number of aryl methyl sites for hydroxylation is 2. The van der Waals surface area contributed by atoms with E-state index in [1.54, 1.807) is 6.07 Å². The van der Waals surface area contributed by atoms with Crippen molar-refractivity contribution in [2.45, 2.75) is 19.3 Å². The first-order chi connectivity index (χ1) is 10.0. The number of halogens is 2. The summed E-state index contributed by atoms with van der Waals surface area (Å²) in [7, 11) is 0. The number of nitrogens with two attached hydrogens (primary N) is 1. The second-order valence-corrected chi connectivity index (χ2v) is 5.30. The number of amidine groups is 1. The van der Waals surface area contributed by atoms with E-state index in [0.717, 1.165) is 30.5 Å². The number of nitrogen functional groups attached to an aromatic ring is 1. The molecular formula is C15H13ClFN3O. The number of aromatic nitrogens is 1. The Morgan fingerprint density at radius 3 is 2.86 bits per heavy atom. The van der Waals surface area contributed by atoms with Crippen molar-refractivity contribution in [1.82, 2.24) is 4.98 Å². The van der Waals surface area contributed by atoms with Crippen molar-refractivity contribution < 1.29 is 9.13 Å². The van der Waals surface area contributed by atoms with E-state index in [1.165, 1.54) is 12.1 Å². The molecule has 1 heterocycles. The number of hydrogen-bond donors (Lipinski definition) is 2. The van der Waals surface area contributed by atoms with Gasteiger partial charge >= 0.3 is 0 Å². The first kappa shape index (κ1) is 13.8. The molecule has 108 valence electrons. The summed E-state index contributed by atoms with van der Waals surface area (Å²) in [6.07, 6.45) is 2.83. The van der Waals surface area contributed by atoms with Gasteiger partial charge in [0.25, 0.3) is 0 Å². The highest BCUT2D eigenvalue weighted by atomic mass is 35.5. The fourth-order valence-corrected chi connectivity index (χ4v) is 2.49. The first-order valence-corrected chi connectivity index (χ1v) is 6.92. The van der Waals surface area contributed by atoms with Crippen molar-refractivity contribution in [1.29, 1.82) is 5.41 Å². The van der Waals surface area contributed by atoms with Gasteiger partial charge in [-0.1, -0.05) is 11.6 Å². The predicted molar refractivity (Wildman–Crippen MR) is 78.8 cm³/mol. The van der Waals surface area contributed by atoms with Crippen LogP contribution in [-0.2, 0) is 12.8 Å². The summed E-state index contributed by atoms with van der Waals surface area (Å²) in [5, 5.41) is 7.67. The van der Waals surface area contributed by atoms with E-state index < -0.39 is 5.82 Å². The Morgan fingerprint density at radius 1 is 1.33 bits per heavy atom. The molecule has 21 heavy (non-hydrogen) atoms. The molecule has 0 saturated heterocycles. The monoisotopic (exact) mass is 305 g/mol. The van der Waals surface area contributed by atoms with E-state index in [4.69, 9.17) is 27.5 Å². The number of pyridine rings is 1. The molecule has 0 aliphatic heterocycles. The molecule has 3 N–H and O–H groups in total. The average Bonchev–Trinajstić information content (AvgIpc) is 2.89. The Balaban J connectivity index is 2.01. The first-order valence-electron chi connectivity index (χ1n) is 6.54. The minimum atomic E-state index is -0.570. The molecule has 3 rings (SSSR count). The Labute approximate surface area is 126 Å².